The second-order valence-electron chi connectivity index (χ2n) is 5.25. The number of nitrogens with one attached hydrogen (secondary N) is 1. The van der Waals surface area contributed by atoms with E-state index in [0.717, 1.165) is 19.0 Å². The van der Waals surface area contributed by atoms with Gasteiger partial charge in [0.1, 0.15) is 0 Å². The van der Waals surface area contributed by atoms with E-state index >= 15 is 0 Å². The largest absolute Gasteiger partial charge is 0.315 e. The van der Waals surface area contributed by atoms with Crippen molar-refractivity contribution in [1.82, 2.24) is 10.2 Å². The second-order valence-corrected chi connectivity index (χ2v) is 5.25. The molecule has 0 aromatic carbocycles. The van der Waals surface area contributed by atoms with Gasteiger partial charge in [-0.1, -0.05) is 27.2 Å². The lowest BCUT2D eigenvalue weighted by Gasteiger charge is -2.31. The minimum Gasteiger partial charge on any atom is -0.315 e. The summed E-state index contributed by atoms with van der Waals surface area (Å²) in [6.07, 6.45) is 2.56. The fraction of sp³-hybridized carbons (Fsp3) is 1.00. The molecule has 0 spiro atoms. The number of hydrogen-bond donors (Lipinski definition) is 1. The van der Waals surface area contributed by atoms with E-state index in [2.05, 4.69) is 51.9 Å². The van der Waals surface area contributed by atoms with Gasteiger partial charge in [-0.05, 0) is 39.8 Å². The highest BCUT2D eigenvalue weighted by atomic mass is 15.2. The molecule has 92 valence electrons. The van der Waals surface area contributed by atoms with Crippen LogP contribution in [0.2, 0.25) is 0 Å². The van der Waals surface area contributed by atoms with Gasteiger partial charge in [-0.15, -0.1) is 0 Å². The van der Waals surface area contributed by atoms with Gasteiger partial charge in [0.2, 0.25) is 0 Å². The van der Waals surface area contributed by atoms with E-state index in [1.54, 1.807) is 0 Å². The molecule has 0 radical (unpaired) electrons. The van der Waals surface area contributed by atoms with Gasteiger partial charge in [-0.25, -0.2) is 0 Å². The Morgan fingerprint density at radius 1 is 1.07 bits per heavy atom. The van der Waals surface area contributed by atoms with E-state index in [4.69, 9.17) is 0 Å². The first-order valence-electron chi connectivity index (χ1n) is 6.41. The molecule has 0 amide bonds. The SMILES string of the molecule is CCCC(CNCC(C)C)N(C)C(C)C. The van der Waals surface area contributed by atoms with Crippen LogP contribution in [0.25, 0.3) is 0 Å². The first-order chi connectivity index (χ1) is 6.99. The highest BCUT2D eigenvalue weighted by Gasteiger charge is 2.15. The standard InChI is InChI=1S/C13H30N2/c1-7-8-13(15(6)12(4)5)10-14-9-11(2)3/h11-14H,7-10H2,1-6H3. The topological polar surface area (TPSA) is 15.3 Å². The molecule has 0 aromatic heterocycles. The van der Waals surface area contributed by atoms with Crippen molar-refractivity contribution in [2.45, 2.75) is 59.5 Å². The van der Waals surface area contributed by atoms with Crippen molar-refractivity contribution >= 4 is 0 Å². The van der Waals surface area contributed by atoms with Crippen LogP contribution < -0.4 is 5.32 Å². The Morgan fingerprint density at radius 2 is 1.67 bits per heavy atom. The Balaban J connectivity index is 3.92. The van der Waals surface area contributed by atoms with Crippen LogP contribution in [0.15, 0.2) is 0 Å². The third-order valence-electron chi connectivity index (χ3n) is 2.94. The monoisotopic (exact) mass is 214 g/mol. The van der Waals surface area contributed by atoms with E-state index < -0.39 is 0 Å². The zero-order valence-electron chi connectivity index (χ0n) is 11.5. The fourth-order valence-electron chi connectivity index (χ4n) is 1.74. The molecule has 2 heteroatoms. The summed E-state index contributed by atoms with van der Waals surface area (Å²) in [6, 6.07) is 1.33. The van der Waals surface area contributed by atoms with Crippen molar-refractivity contribution in [3.63, 3.8) is 0 Å². The summed E-state index contributed by atoms with van der Waals surface area (Å²) in [5.41, 5.74) is 0. The minimum absolute atomic E-state index is 0.641. The summed E-state index contributed by atoms with van der Waals surface area (Å²) < 4.78 is 0. The molecule has 2 nitrogen and oxygen atoms in total. The van der Waals surface area contributed by atoms with Crippen molar-refractivity contribution in [2.24, 2.45) is 5.92 Å². The summed E-state index contributed by atoms with van der Waals surface area (Å²) >= 11 is 0. The second kappa shape index (κ2) is 8.12. The smallest absolute Gasteiger partial charge is 0.0220 e. The van der Waals surface area contributed by atoms with E-state index in [9.17, 15) is 0 Å². The molecule has 0 heterocycles. The van der Waals surface area contributed by atoms with Crippen LogP contribution in [0, 0.1) is 5.92 Å². The van der Waals surface area contributed by atoms with Crippen LogP contribution in [0.3, 0.4) is 0 Å². The molecule has 0 aliphatic rings. The normalized spacial score (nSPS) is 14.2. The molecule has 0 rings (SSSR count). The Kier molecular flexibility index (Phi) is 8.07. The summed E-state index contributed by atoms with van der Waals surface area (Å²) in [5.74, 6) is 0.747. The lowest BCUT2D eigenvalue weighted by atomic mass is 10.1. The molecule has 0 bridgehead atoms. The van der Waals surface area contributed by atoms with Crippen LogP contribution in [-0.4, -0.2) is 37.1 Å². The van der Waals surface area contributed by atoms with Crippen LogP contribution in [0.5, 0.6) is 0 Å². The Bertz CT molecular complexity index is 143. The molecule has 1 atom stereocenters. The average Bonchev–Trinajstić information content (AvgIpc) is 2.14. The third-order valence-corrected chi connectivity index (χ3v) is 2.94. The first-order valence-corrected chi connectivity index (χ1v) is 6.41. The molecule has 0 aliphatic heterocycles. The van der Waals surface area contributed by atoms with Crippen molar-refractivity contribution in [2.75, 3.05) is 20.1 Å². The van der Waals surface area contributed by atoms with Crippen molar-refractivity contribution in [1.29, 1.82) is 0 Å². The van der Waals surface area contributed by atoms with E-state index in [0.29, 0.717) is 12.1 Å². The first kappa shape index (κ1) is 14.9. The highest BCUT2D eigenvalue weighted by Crippen LogP contribution is 2.08. The van der Waals surface area contributed by atoms with Gasteiger partial charge in [-0.3, -0.25) is 4.90 Å². The van der Waals surface area contributed by atoms with Crippen molar-refractivity contribution in [3.05, 3.63) is 0 Å². The van der Waals surface area contributed by atoms with E-state index in [-0.39, 0.29) is 0 Å². The highest BCUT2D eigenvalue weighted by molar-refractivity contribution is 4.73. The van der Waals surface area contributed by atoms with Gasteiger partial charge in [-0.2, -0.15) is 0 Å². The maximum atomic E-state index is 3.56. The molecular formula is C13H30N2. The summed E-state index contributed by atoms with van der Waals surface area (Å²) in [6.45, 7) is 13.6. The van der Waals surface area contributed by atoms with Gasteiger partial charge in [0.15, 0.2) is 0 Å². The average molecular weight is 214 g/mol. The maximum Gasteiger partial charge on any atom is 0.0220 e. The Labute approximate surface area is 96.4 Å². The van der Waals surface area contributed by atoms with Crippen LogP contribution in [-0.2, 0) is 0 Å². The molecule has 0 aromatic rings. The van der Waals surface area contributed by atoms with Crippen LogP contribution in [0.1, 0.15) is 47.5 Å². The van der Waals surface area contributed by atoms with E-state index in [1.807, 2.05) is 0 Å². The Morgan fingerprint density at radius 3 is 2.07 bits per heavy atom. The molecule has 1 unspecified atom stereocenters. The third kappa shape index (κ3) is 6.91. The fourth-order valence-corrected chi connectivity index (χ4v) is 1.74. The minimum atomic E-state index is 0.641. The Hall–Kier alpha value is -0.0800. The van der Waals surface area contributed by atoms with Gasteiger partial charge in [0.25, 0.3) is 0 Å². The maximum absolute atomic E-state index is 3.56. The molecule has 0 saturated heterocycles. The summed E-state index contributed by atoms with van der Waals surface area (Å²) in [5, 5.41) is 3.56. The number of rotatable bonds is 8. The lowest BCUT2D eigenvalue weighted by molar-refractivity contribution is 0.179. The van der Waals surface area contributed by atoms with Crippen LogP contribution in [0.4, 0.5) is 0 Å². The quantitative estimate of drug-likeness (QED) is 0.668. The van der Waals surface area contributed by atoms with E-state index in [1.165, 1.54) is 12.8 Å². The molecule has 1 N–H and O–H groups in total. The lowest BCUT2D eigenvalue weighted by Crippen LogP contribution is -2.44. The molecular weight excluding hydrogens is 184 g/mol. The number of nitrogens with zero attached hydrogens (tertiary/aromatic N) is 1. The van der Waals surface area contributed by atoms with Crippen LogP contribution >= 0.6 is 0 Å². The zero-order valence-corrected chi connectivity index (χ0v) is 11.5. The van der Waals surface area contributed by atoms with Gasteiger partial charge < -0.3 is 5.32 Å². The number of hydrogen-bond acceptors (Lipinski definition) is 2. The van der Waals surface area contributed by atoms with Gasteiger partial charge >= 0.3 is 0 Å². The van der Waals surface area contributed by atoms with Gasteiger partial charge in [0.05, 0.1) is 0 Å². The zero-order chi connectivity index (χ0) is 11.8. The van der Waals surface area contributed by atoms with Gasteiger partial charge in [0, 0.05) is 18.6 Å². The predicted molar refractivity (Wildman–Crippen MR) is 69.3 cm³/mol. The predicted octanol–water partition coefficient (Wildman–Crippen LogP) is 2.74. The molecule has 0 aliphatic carbocycles. The summed E-state index contributed by atoms with van der Waals surface area (Å²) in [7, 11) is 2.24. The number of likely N-dealkylation sites (N-methyl/N-ethyl adjacent to an activating group) is 1. The molecule has 0 fully saturated rings. The van der Waals surface area contributed by atoms with Crippen molar-refractivity contribution < 1.29 is 0 Å². The van der Waals surface area contributed by atoms with Crippen molar-refractivity contribution in [3.8, 4) is 0 Å². The summed E-state index contributed by atoms with van der Waals surface area (Å²) in [4.78, 5) is 2.48. The molecule has 15 heavy (non-hydrogen) atoms. The molecule has 0 saturated carbocycles.